The van der Waals surface area contributed by atoms with Gasteiger partial charge in [-0.3, -0.25) is 20.4 Å². The normalized spacial score (nSPS) is 10.1. The van der Waals surface area contributed by atoms with Crippen LogP contribution in [0.4, 0.5) is 0 Å². The Morgan fingerprint density at radius 3 is 2.22 bits per heavy atom. The molecule has 0 aliphatic heterocycles. The number of ether oxygens (including phenoxy) is 2. The maximum absolute atomic E-state index is 12.3. The molecule has 0 saturated heterocycles. The van der Waals surface area contributed by atoms with Crippen LogP contribution in [0.25, 0.3) is 0 Å². The van der Waals surface area contributed by atoms with Gasteiger partial charge in [-0.2, -0.15) is 0 Å². The maximum Gasteiger partial charge on any atom is 0.279 e. The molecule has 0 saturated carbocycles. The molecule has 2 amide bonds. The van der Waals surface area contributed by atoms with E-state index < -0.39 is 5.91 Å². The number of amides is 2. The monoisotopic (exact) mass is 446 g/mol. The Labute approximate surface area is 151 Å². The lowest BCUT2D eigenvalue weighted by Crippen LogP contribution is -2.41. The molecule has 1 heterocycles. The van der Waals surface area contributed by atoms with Gasteiger partial charge in [0, 0.05) is 8.45 Å². The first-order chi connectivity index (χ1) is 11.0. The van der Waals surface area contributed by atoms with Crippen molar-refractivity contribution in [3.05, 3.63) is 43.2 Å². The molecule has 8 heteroatoms. The van der Waals surface area contributed by atoms with Gasteiger partial charge in [0.15, 0.2) is 11.5 Å². The zero-order valence-electron chi connectivity index (χ0n) is 12.7. The van der Waals surface area contributed by atoms with E-state index in [9.17, 15) is 9.59 Å². The highest BCUT2D eigenvalue weighted by Crippen LogP contribution is 2.31. The van der Waals surface area contributed by atoms with E-state index in [-0.39, 0.29) is 5.91 Å². The Balaban J connectivity index is 2.10. The van der Waals surface area contributed by atoms with Gasteiger partial charge in [0.05, 0.1) is 24.7 Å². The average Bonchev–Trinajstić information content (AvgIpc) is 2.98. The van der Waals surface area contributed by atoms with Crippen molar-refractivity contribution < 1.29 is 19.1 Å². The Morgan fingerprint density at radius 2 is 1.65 bits per heavy atom. The molecule has 6 nitrogen and oxygen atoms in total. The van der Waals surface area contributed by atoms with Gasteiger partial charge in [-0.25, -0.2) is 0 Å². The van der Waals surface area contributed by atoms with Gasteiger partial charge < -0.3 is 9.47 Å². The Bertz CT molecular complexity index is 745. The fraction of sp³-hybridized carbons (Fsp3) is 0.200. The second-order valence-corrected chi connectivity index (χ2v) is 6.96. The molecule has 1 aromatic heterocycles. The van der Waals surface area contributed by atoms with Gasteiger partial charge in [0.25, 0.3) is 11.8 Å². The van der Waals surface area contributed by atoms with Crippen molar-refractivity contribution in [1.29, 1.82) is 0 Å². The third-order valence-corrected chi connectivity index (χ3v) is 4.86. The number of halogens is 1. The summed E-state index contributed by atoms with van der Waals surface area (Å²) in [5.41, 5.74) is 5.18. The summed E-state index contributed by atoms with van der Waals surface area (Å²) in [4.78, 5) is 25.7. The van der Waals surface area contributed by atoms with E-state index in [4.69, 9.17) is 9.47 Å². The molecular formula is C15H15IN2O4S. The predicted octanol–water partition coefficient (Wildman–Crippen LogP) is 2.75. The van der Waals surface area contributed by atoms with Crippen molar-refractivity contribution in [3.8, 4) is 11.5 Å². The van der Waals surface area contributed by atoms with Crippen LogP contribution in [0.5, 0.6) is 11.5 Å². The minimum Gasteiger partial charge on any atom is -0.493 e. The molecular weight excluding hydrogens is 431 g/mol. The average molecular weight is 446 g/mol. The molecule has 0 unspecified atom stereocenters. The summed E-state index contributed by atoms with van der Waals surface area (Å²) in [5, 5.41) is 0. The Kier molecular flexibility index (Phi) is 5.83. The minimum atomic E-state index is -0.433. The van der Waals surface area contributed by atoms with Gasteiger partial charge in [-0.05, 0) is 53.8 Å². The smallest absolute Gasteiger partial charge is 0.279 e. The topological polar surface area (TPSA) is 76.7 Å². The van der Waals surface area contributed by atoms with Gasteiger partial charge in [0.1, 0.15) is 0 Å². The summed E-state index contributed by atoms with van der Waals surface area (Å²) < 4.78 is 11.0. The molecule has 0 spiro atoms. The van der Waals surface area contributed by atoms with Crippen LogP contribution in [0, 0.1) is 10.5 Å². The highest BCUT2D eigenvalue weighted by Gasteiger charge is 2.16. The largest absolute Gasteiger partial charge is 0.493 e. The standard InChI is InChI=1S/C15H15IN2O4S/c1-8-4-5-13(23-8)15(20)18-17-14(19)9-6-11(21-2)12(22-3)7-10(9)16/h4-7H,1-3H3,(H,17,19)(H,18,20). The number of thiophene rings is 1. The van der Waals surface area contributed by atoms with Crippen LogP contribution in [0.2, 0.25) is 0 Å². The number of carbonyl (C=O) groups is 2. The lowest BCUT2D eigenvalue weighted by Gasteiger charge is -2.12. The molecule has 0 aliphatic rings. The van der Waals surface area contributed by atoms with E-state index >= 15 is 0 Å². The van der Waals surface area contributed by atoms with Crippen LogP contribution in [0.15, 0.2) is 24.3 Å². The summed E-state index contributed by atoms with van der Waals surface area (Å²) >= 11 is 3.38. The molecule has 0 atom stereocenters. The number of methoxy groups -OCH3 is 2. The maximum atomic E-state index is 12.3. The summed E-state index contributed by atoms with van der Waals surface area (Å²) in [5.74, 6) is 0.189. The number of rotatable bonds is 4. The van der Waals surface area contributed by atoms with Crippen molar-refractivity contribution in [2.24, 2.45) is 0 Å². The zero-order valence-corrected chi connectivity index (χ0v) is 15.7. The second kappa shape index (κ2) is 7.64. The summed E-state index contributed by atoms with van der Waals surface area (Å²) in [6.45, 7) is 1.91. The number of nitrogens with one attached hydrogen (secondary N) is 2. The first-order valence-electron chi connectivity index (χ1n) is 6.55. The van der Waals surface area contributed by atoms with E-state index in [1.165, 1.54) is 25.6 Å². The SMILES string of the molecule is COc1cc(I)c(C(=O)NNC(=O)c2ccc(C)s2)cc1OC. The number of benzene rings is 1. The van der Waals surface area contributed by atoms with Crippen LogP contribution >= 0.6 is 33.9 Å². The molecule has 122 valence electrons. The molecule has 23 heavy (non-hydrogen) atoms. The molecule has 2 N–H and O–H groups in total. The first kappa shape index (κ1) is 17.5. The molecule has 2 rings (SSSR count). The van der Waals surface area contributed by atoms with E-state index in [1.807, 2.05) is 35.6 Å². The number of aryl methyl sites for hydroxylation is 1. The molecule has 0 fully saturated rings. The van der Waals surface area contributed by atoms with Gasteiger partial charge >= 0.3 is 0 Å². The third-order valence-electron chi connectivity index (χ3n) is 2.97. The van der Waals surface area contributed by atoms with Crippen LogP contribution in [-0.2, 0) is 0 Å². The Hall–Kier alpha value is -1.81. The summed E-state index contributed by atoms with van der Waals surface area (Å²) in [7, 11) is 3.02. The zero-order chi connectivity index (χ0) is 17.0. The summed E-state index contributed by atoms with van der Waals surface area (Å²) in [6, 6.07) is 6.82. The fourth-order valence-electron chi connectivity index (χ4n) is 1.83. The highest BCUT2D eigenvalue weighted by atomic mass is 127. The van der Waals surface area contributed by atoms with Crippen molar-refractivity contribution in [1.82, 2.24) is 10.9 Å². The predicted molar refractivity (Wildman–Crippen MR) is 96.3 cm³/mol. The Morgan fingerprint density at radius 1 is 1.04 bits per heavy atom. The van der Waals surface area contributed by atoms with Gasteiger partial charge in [0.2, 0.25) is 0 Å². The van der Waals surface area contributed by atoms with E-state index in [2.05, 4.69) is 10.9 Å². The molecule has 1 aromatic carbocycles. The quantitative estimate of drug-likeness (QED) is 0.560. The molecule has 0 radical (unpaired) electrons. The first-order valence-corrected chi connectivity index (χ1v) is 8.44. The van der Waals surface area contributed by atoms with Crippen molar-refractivity contribution in [2.45, 2.75) is 6.92 Å². The lowest BCUT2D eigenvalue weighted by molar-refractivity contribution is 0.0848. The second-order valence-electron chi connectivity index (χ2n) is 4.51. The molecule has 2 aromatic rings. The minimum absolute atomic E-state index is 0.355. The third kappa shape index (κ3) is 4.14. The molecule has 0 bridgehead atoms. The van der Waals surface area contributed by atoms with E-state index in [0.29, 0.717) is 25.5 Å². The number of carbonyl (C=O) groups excluding carboxylic acids is 2. The molecule has 0 aliphatic carbocycles. The number of hydrogen-bond acceptors (Lipinski definition) is 5. The van der Waals surface area contributed by atoms with E-state index in [0.717, 1.165) is 4.88 Å². The van der Waals surface area contributed by atoms with Crippen molar-refractivity contribution >= 4 is 45.7 Å². The summed E-state index contributed by atoms with van der Waals surface area (Å²) in [6.07, 6.45) is 0. The van der Waals surface area contributed by atoms with E-state index in [1.54, 1.807) is 18.2 Å². The van der Waals surface area contributed by atoms with Crippen LogP contribution in [0.3, 0.4) is 0 Å². The lowest BCUT2D eigenvalue weighted by atomic mass is 10.2. The van der Waals surface area contributed by atoms with Crippen LogP contribution < -0.4 is 20.3 Å². The number of hydrogen-bond donors (Lipinski definition) is 2. The van der Waals surface area contributed by atoms with Crippen molar-refractivity contribution in [2.75, 3.05) is 14.2 Å². The van der Waals surface area contributed by atoms with Crippen LogP contribution in [0.1, 0.15) is 24.9 Å². The highest BCUT2D eigenvalue weighted by molar-refractivity contribution is 14.1. The van der Waals surface area contributed by atoms with Gasteiger partial charge in [-0.1, -0.05) is 0 Å². The van der Waals surface area contributed by atoms with Crippen molar-refractivity contribution in [3.63, 3.8) is 0 Å². The number of hydrazine groups is 1. The van der Waals surface area contributed by atoms with Crippen LogP contribution in [-0.4, -0.2) is 26.0 Å². The fourth-order valence-corrected chi connectivity index (χ4v) is 3.27. The van der Waals surface area contributed by atoms with Gasteiger partial charge in [-0.15, -0.1) is 11.3 Å².